The number of nitrogens with one attached hydrogen (secondary N) is 1. The zero-order valence-electron chi connectivity index (χ0n) is 10.3. The van der Waals surface area contributed by atoms with E-state index in [1.54, 1.807) is 17.0 Å². The summed E-state index contributed by atoms with van der Waals surface area (Å²) in [6, 6.07) is 5.34. The van der Waals surface area contributed by atoms with Gasteiger partial charge in [0.25, 0.3) is 5.91 Å². The number of carbonyl (C=O) groups excluding carboxylic acids is 1. The predicted molar refractivity (Wildman–Crippen MR) is 74.4 cm³/mol. The molecule has 19 heavy (non-hydrogen) atoms. The van der Waals surface area contributed by atoms with Crippen molar-refractivity contribution in [3.8, 4) is 0 Å². The van der Waals surface area contributed by atoms with Crippen LogP contribution in [0.3, 0.4) is 0 Å². The van der Waals surface area contributed by atoms with Crippen LogP contribution in [0, 0.1) is 0 Å². The number of nitrogens with two attached hydrogens (primary N) is 1. The molecule has 0 bridgehead atoms. The van der Waals surface area contributed by atoms with Crippen LogP contribution < -0.4 is 5.73 Å². The molecule has 0 aliphatic carbocycles. The van der Waals surface area contributed by atoms with Crippen LogP contribution in [0.2, 0.25) is 5.02 Å². The summed E-state index contributed by atoms with van der Waals surface area (Å²) in [5.41, 5.74) is 7.23. The maximum absolute atomic E-state index is 12.5. The molecule has 2 heterocycles. The van der Waals surface area contributed by atoms with Crippen LogP contribution in [-0.2, 0) is 4.74 Å². The molecule has 0 atom stereocenters. The summed E-state index contributed by atoms with van der Waals surface area (Å²) in [7, 11) is 0. The zero-order chi connectivity index (χ0) is 13.4. The molecule has 100 valence electrons. The van der Waals surface area contributed by atoms with Crippen LogP contribution in [0.25, 0.3) is 10.9 Å². The van der Waals surface area contributed by atoms with Gasteiger partial charge in [0, 0.05) is 29.0 Å². The Morgan fingerprint density at radius 2 is 2.11 bits per heavy atom. The number of amides is 1. The molecule has 1 saturated heterocycles. The van der Waals surface area contributed by atoms with Gasteiger partial charge in [-0.25, -0.2) is 0 Å². The first-order valence-corrected chi connectivity index (χ1v) is 6.48. The van der Waals surface area contributed by atoms with E-state index in [-0.39, 0.29) is 5.91 Å². The van der Waals surface area contributed by atoms with E-state index in [1.165, 1.54) is 0 Å². The predicted octanol–water partition coefficient (Wildman–Crippen LogP) is 1.88. The Bertz CT molecular complexity index is 632. The lowest BCUT2D eigenvalue weighted by Gasteiger charge is -2.26. The number of anilines is 1. The molecule has 1 aromatic carbocycles. The topological polar surface area (TPSA) is 71.4 Å². The average molecular weight is 280 g/mol. The van der Waals surface area contributed by atoms with Crippen molar-refractivity contribution >= 4 is 34.2 Å². The summed E-state index contributed by atoms with van der Waals surface area (Å²) in [6.45, 7) is 2.33. The second kappa shape index (κ2) is 4.75. The Morgan fingerprint density at radius 3 is 2.84 bits per heavy atom. The second-order valence-corrected chi connectivity index (χ2v) is 4.94. The highest BCUT2D eigenvalue weighted by molar-refractivity contribution is 6.31. The smallest absolute Gasteiger partial charge is 0.258 e. The SMILES string of the molecule is Nc1[nH]c2cc(Cl)ccc2c1C(=O)N1CCOCC1. The Kier molecular flexibility index (Phi) is 3.08. The van der Waals surface area contributed by atoms with E-state index in [2.05, 4.69) is 4.98 Å². The van der Waals surface area contributed by atoms with Crippen LogP contribution in [-0.4, -0.2) is 42.1 Å². The van der Waals surface area contributed by atoms with Gasteiger partial charge in [0.2, 0.25) is 0 Å². The number of aromatic amines is 1. The van der Waals surface area contributed by atoms with Gasteiger partial charge in [-0.1, -0.05) is 17.7 Å². The number of hydrogen-bond donors (Lipinski definition) is 2. The number of aromatic nitrogens is 1. The monoisotopic (exact) mass is 279 g/mol. The average Bonchev–Trinajstić information content (AvgIpc) is 2.74. The van der Waals surface area contributed by atoms with Gasteiger partial charge in [-0.2, -0.15) is 0 Å². The van der Waals surface area contributed by atoms with Crippen molar-refractivity contribution in [3.63, 3.8) is 0 Å². The molecule has 1 fully saturated rings. The van der Waals surface area contributed by atoms with Gasteiger partial charge in [0.1, 0.15) is 5.82 Å². The van der Waals surface area contributed by atoms with Gasteiger partial charge in [0.15, 0.2) is 0 Å². The number of fused-ring (bicyclic) bond motifs is 1. The summed E-state index contributed by atoms with van der Waals surface area (Å²) in [4.78, 5) is 17.3. The van der Waals surface area contributed by atoms with Crippen molar-refractivity contribution in [2.24, 2.45) is 0 Å². The van der Waals surface area contributed by atoms with Gasteiger partial charge in [0.05, 0.1) is 18.8 Å². The van der Waals surface area contributed by atoms with Crippen LogP contribution >= 0.6 is 11.6 Å². The van der Waals surface area contributed by atoms with Gasteiger partial charge in [-0.3, -0.25) is 4.79 Å². The number of nitrogens with zero attached hydrogens (tertiary/aromatic N) is 1. The van der Waals surface area contributed by atoms with E-state index in [9.17, 15) is 4.79 Å². The maximum atomic E-state index is 12.5. The maximum Gasteiger partial charge on any atom is 0.258 e. The number of H-pyrrole nitrogens is 1. The minimum atomic E-state index is -0.0608. The van der Waals surface area contributed by atoms with Gasteiger partial charge in [-0.15, -0.1) is 0 Å². The molecule has 0 unspecified atom stereocenters. The number of morpholine rings is 1. The lowest BCUT2D eigenvalue weighted by atomic mass is 10.1. The quantitative estimate of drug-likeness (QED) is 0.837. The van der Waals surface area contributed by atoms with Crippen molar-refractivity contribution in [2.75, 3.05) is 32.0 Å². The van der Waals surface area contributed by atoms with Gasteiger partial charge < -0.3 is 20.4 Å². The third kappa shape index (κ3) is 2.15. The minimum Gasteiger partial charge on any atom is -0.385 e. The first-order chi connectivity index (χ1) is 9.16. The molecule has 6 heteroatoms. The van der Waals surface area contributed by atoms with Crippen molar-refractivity contribution in [2.45, 2.75) is 0 Å². The van der Waals surface area contributed by atoms with Crippen molar-refractivity contribution in [3.05, 3.63) is 28.8 Å². The molecule has 1 amide bonds. The normalized spacial score (nSPS) is 15.9. The van der Waals surface area contributed by atoms with E-state index in [0.717, 1.165) is 10.9 Å². The minimum absolute atomic E-state index is 0.0608. The lowest BCUT2D eigenvalue weighted by Crippen LogP contribution is -2.40. The van der Waals surface area contributed by atoms with E-state index in [4.69, 9.17) is 22.1 Å². The summed E-state index contributed by atoms with van der Waals surface area (Å²) in [6.07, 6.45) is 0. The van der Waals surface area contributed by atoms with Crippen LogP contribution in [0.5, 0.6) is 0 Å². The number of hydrogen-bond acceptors (Lipinski definition) is 3. The first-order valence-electron chi connectivity index (χ1n) is 6.10. The number of benzene rings is 1. The van der Waals surface area contributed by atoms with Crippen LogP contribution in [0.4, 0.5) is 5.82 Å². The zero-order valence-corrected chi connectivity index (χ0v) is 11.0. The molecule has 5 nitrogen and oxygen atoms in total. The third-order valence-electron chi connectivity index (χ3n) is 3.30. The number of halogens is 1. The number of carbonyl (C=O) groups is 1. The summed E-state index contributed by atoms with van der Waals surface area (Å²) in [5.74, 6) is 0.322. The Hall–Kier alpha value is -1.72. The Morgan fingerprint density at radius 1 is 1.37 bits per heavy atom. The van der Waals surface area contributed by atoms with Crippen molar-refractivity contribution < 1.29 is 9.53 Å². The molecule has 1 aromatic heterocycles. The Balaban J connectivity index is 2.03. The lowest BCUT2D eigenvalue weighted by molar-refractivity contribution is 0.0305. The fourth-order valence-corrected chi connectivity index (χ4v) is 2.52. The van der Waals surface area contributed by atoms with E-state index in [1.807, 2.05) is 6.07 Å². The third-order valence-corrected chi connectivity index (χ3v) is 3.54. The molecule has 0 radical (unpaired) electrons. The van der Waals surface area contributed by atoms with Gasteiger partial charge in [-0.05, 0) is 12.1 Å². The number of ether oxygens (including phenoxy) is 1. The van der Waals surface area contributed by atoms with Crippen molar-refractivity contribution in [1.82, 2.24) is 9.88 Å². The highest BCUT2D eigenvalue weighted by Crippen LogP contribution is 2.28. The number of rotatable bonds is 1. The summed E-state index contributed by atoms with van der Waals surface area (Å²) < 4.78 is 5.25. The molecule has 3 N–H and O–H groups in total. The number of nitrogen functional groups attached to an aromatic ring is 1. The first kappa shape index (κ1) is 12.3. The molecule has 1 aliphatic heterocycles. The summed E-state index contributed by atoms with van der Waals surface area (Å²) in [5, 5.41) is 1.41. The molecular weight excluding hydrogens is 266 g/mol. The molecule has 1 aliphatic rings. The van der Waals surface area contributed by atoms with Crippen molar-refractivity contribution in [1.29, 1.82) is 0 Å². The van der Waals surface area contributed by atoms with Crippen LogP contribution in [0.1, 0.15) is 10.4 Å². The molecule has 0 spiro atoms. The largest absolute Gasteiger partial charge is 0.385 e. The van der Waals surface area contributed by atoms with Crippen LogP contribution in [0.15, 0.2) is 18.2 Å². The van der Waals surface area contributed by atoms with E-state index < -0.39 is 0 Å². The fourth-order valence-electron chi connectivity index (χ4n) is 2.35. The molecular formula is C13H14ClN3O2. The van der Waals surface area contributed by atoms with Gasteiger partial charge >= 0.3 is 0 Å². The molecule has 3 rings (SSSR count). The molecule has 2 aromatic rings. The second-order valence-electron chi connectivity index (χ2n) is 4.51. The molecule has 0 saturated carbocycles. The highest BCUT2D eigenvalue weighted by Gasteiger charge is 2.24. The summed E-state index contributed by atoms with van der Waals surface area (Å²) >= 11 is 5.94. The highest BCUT2D eigenvalue weighted by atomic mass is 35.5. The standard InChI is InChI=1S/C13H14ClN3O2/c14-8-1-2-9-10(7-8)16-12(15)11(9)13(18)17-3-5-19-6-4-17/h1-2,7,16H,3-6,15H2. The Labute approximate surface area is 115 Å². The fraction of sp³-hybridized carbons (Fsp3) is 0.308. The van der Waals surface area contributed by atoms with E-state index >= 15 is 0 Å². The van der Waals surface area contributed by atoms with E-state index in [0.29, 0.717) is 42.7 Å².